The van der Waals surface area contributed by atoms with Crippen LogP contribution in [0.3, 0.4) is 0 Å². The zero-order valence-corrected chi connectivity index (χ0v) is 16.7. The number of ether oxygens (including phenoxy) is 3. The molecule has 2 aromatic carbocycles. The van der Waals surface area contributed by atoms with Crippen molar-refractivity contribution in [1.29, 1.82) is 0 Å². The van der Waals surface area contributed by atoms with E-state index in [4.69, 9.17) is 14.2 Å². The van der Waals surface area contributed by atoms with Gasteiger partial charge in [0.25, 0.3) is 0 Å². The van der Waals surface area contributed by atoms with E-state index < -0.39 is 5.82 Å². The summed E-state index contributed by atoms with van der Waals surface area (Å²) in [6, 6.07) is 10.1. The third kappa shape index (κ3) is 5.74. The predicted molar refractivity (Wildman–Crippen MR) is 107 cm³/mol. The third-order valence-corrected chi connectivity index (χ3v) is 4.08. The number of amides is 1. The molecule has 5 nitrogen and oxygen atoms in total. The molecule has 0 aliphatic heterocycles. The highest BCUT2D eigenvalue weighted by Crippen LogP contribution is 2.28. The van der Waals surface area contributed by atoms with E-state index in [1.165, 1.54) is 24.2 Å². The highest BCUT2D eigenvalue weighted by atomic mass is 19.1. The van der Waals surface area contributed by atoms with Crippen LogP contribution in [0.25, 0.3) is 6.08 Å². The van der Waals surface area contributed by atoms with Crippen LogP contribution < -0.4 is 14.2 Å². The molecule has 0 aromatic heterocycles. The second-order valence-electron chi connectivity index (χ2n) is 6.26. The molecular weight excluding hydrogens is 361 g/mol. The van der Waals surface area contributed by atoms with Crippen LogP contribution in [-0.4, -0.2) is 38.7 Å². The van der Waals surface area contributed by atoms with Crippen molar-refractivity contribution in [3.63, 3.8) is 0 Å². The van der Waals surface area contributed by atoms with Crippen molar-refractivity contribution in [2.24, 2.45) is 0 Å². The maximum absolute atomic E-state index is 13.8. The van der Waals surface area contributed by atoms with Crippen LogP contribution in [0.5, 0.6) is 17.2 Å². The Labute approximate surface area is 165 Å². The van der Waals surface area contributed by atoms with E-state index in [1.54, 1.807) is 32.4 Å². The van der Waals surface area contributed by atoms with Gasteiger partial charge < -0.3 is 19.1 Å². The molecule has 0 aliphatic rings. The first kappa shape index (κ1) is 21.3. The summed E-state index contributed by atoms with van der Waals surface area (Å²) in [6.45, 7) is 2.93. The predicted octanol–water partition coefficient (Wildman–Crippen LogP) is 4.30. The highest BCUT2D eigenvalue weighted by Gasteiger charge is 2.09. The molecule has 0 saturated carbocycles. The Hall–Kier alpha value is -3.02. The Morgan fingerprint density at radius 1 is 1.07 bits per heavy atom. The molecule has 0 radical (unpaired) electrons. The number of rotatable bonds is 9. The summed E-state index contributed by atoms with van der Waals surface area (Å²) < 4.78 is 29.7. The minimum atomic E-state index is -0.450. The topological polar surface area (TPSA) is 48.0 Å². The molecule has 2 aromatic rings. The van der Waals surface area contributed by atoms with Gasteiger partial charge in [-0.3, -0.25) is 4.79 Å². The minimum Gasteiger partial charge on any atom is -0.494 e. The van der Waals surface area contributed by atoms with Crippen LogP contribution in [-0.2, 0) is 11.3 Å². The fourth-order valence-corrected chi connectivity index (χ4v) is 2.57. The Morgan fingerprint density at radius 3 is 2.43 bits per heavy atom. The molecule has 2 rings (SSSR count). The molecule has 0 saturated heterocycles. The Kier molecular flexibility index (Phi) is 7.87. The van der Waals surface area contributed by atoms with E-state index in [0.717, 1.165) is 12.0 Å². The quantitative estimate of drug-likeness (QED) is 0.602. The van der Waals surface area contributed by atoms with Crippen LogP contribution >= 0.6 is 0 Å². The van der Waals surface area contributed by atoms with Crippen molar-refractivity contribution in [2.75, 3.05) is 27.9 Å². The lowest BCUT2D eigenvalue weighted by atomic mass is 10.1. The van der Waals surface area contributed by atoms with Crippen molar-refractivity contribution in [1.82, 2.24) is 4.90 Å². The number of likely N-dealkylation sites (N-methyl/N-ethyl adjacent to an activating group) is 1. The van der Waals surface area contributed by atoms with Gasteiger partial charge in [-0.25, -0.2) is 4.39 Å². The third-order valence-electron chi connectivity index (χ3n) is 4.08. The average molecular weight is 387 g/mol. The summed E-state index contributed by atoms with van der Waals surface area (Å²) in [5, 5.41) is 0. The van der Waals surface area contributed by atoms with Gasteiger partial charge in [0.1, 0.15) is 0 Å². The lowest BCUT2D eigenvalue weighted by Crippen LogP contribution is -2.24. The van der Waals surface area contributed by atoms with Crippen LogP contribution in [0.4, 0.5) is 4.39 Å². The van der Waals surface area contributed by atoms with Gasteiger partial charge in [-0.2, -0.15) is 0 Å². The van der Waals surface area contributed by atoms with Crippen molar-refractivity contribution >= 4 is 12.0 Å². The van der Waals surface area contributed by atoms with Gasteiger partial charge in [0.05, 0.1) is 20.8 Å². The molecule has 150 valence electrons. The Balaban J connectivity index is 2.02. The van der Waals surface area contributed by atoms with Crippen LogP contribution in [0.1, 0.15) is 24.5 Å². The maximum Gasteiger partial charge on any atom is 0.246 e. The van der Waals surface area contributed by atoms with E-state index >= 15 is 0 Å². The molecule has 0 N–H and O–H groups in total. The number of methoxy groups -OCH3 is 2. The summed E-state index contributed by atoms with van der Waals surface area (Å²) in [4.78, 5) is 13.9. The monoisotopic (exact) mass is 387 g/mol. The smallest absolute Gasteiger partial charge is 0.246 e. The lowest BCUT2D eigenvalue weighted by Gasteiger charge is -2.16. The van der Waals surface area contributed by atoms with Gasteiger partial charge in [-0.1, -0.05) is 19.1 Å². The number of carbonyl (C=O) groups excluding carboxylic acids is 1. The van der Waals surface area contributed by atoms with Gasteiger partial charge in [-0.05, 0) is 47.9 Å². The SMILES string of the molecule is CCCOc1ccc(C=CC(=O)N(C)Cc2ccc(OC)c(F)c2)cc1OC. The average Bonchev–Trinajstić information content (AvgIpc) is 2.70. The Bertz CT molecular complexity index is 835. The molecule has 0 aliphatic carbocycles. The standard InChI is InChI=1S/C22H26FNO4/c1-5-12-28-20-10-6-16(14-21(20)27-4)8-11-22(25)24(2)15-17-7-9-19(26-3)18(23)13-17/h6-11,13-14H,5,12,15H2,1-4H3. The minimum absolute atomic E-state index is 0.179. The second-order valence-corrected chi connectivity index (χ2v) is 6.26. The van der Waals surface area contributed by atoms with E-state index in [9.17, 15) is 9.18 Å². The fraction of sp³-hybridized carbons (Fsp3) is 0.318. The molecule has 1 amide bonds. The van der Waals surface area contributed by atoms with Crippen LogP contribution in [0, 0.1) is 5.82 Å². The zero-order valence-electron chi connectivity index (χ0n) is 16.7. The van der Waals surface area contributed by atoms with Crippen LogP contribution in [0.2, 0.25) is 0 Å². The van der Waals surface area contributed by atoms with Gasteiger partial charge in [0.15, 0.2) is 23.1 Å². The first-order chi connectivity index (χ1) is 13.5. The summed E-state index contributed by atoms with van der Waals surface area (Å²) in [5.41, 5.74) is 1.50. The molecule has 6 heteroatoms. The molecule has 0 spiro atoms. The zero-order chi connectivity index (χ0) is 20.5. The van der Waals surface area contributed by atoms with E-state index in [0.29, 0.717) is 23.7 Å². The van der Waals surface area contributed by atoms with Gasteiger partial charge in [-0.15, -0.1) is 0 Å². The van der Waals surface area contributed by atoms with Crippen molar-refractivity contribution in [3.05, 3.63) is 59.4 Å². The summed E-state index contributed by atoms with van der Waals surface area (Å²) >= 11 is 0. The van der Waals surface area contributed by atoms with Crippen molar-refractivity contribution < 1.29 is 23.4 Å². The van der Waals surface area contributed by atoms with Crippen LogP contribution in [0.15, 0.2) is 42.5 Å². The summed E-state index contributed by atoms with van der Waals surface area (Å²) in [6.07, 6.45) is 4.09. The largest absolute Gasteiger partial charge is 0.494 e. The van der Waals surface area contributed by atoms with E-state index in [2.05, 4.69) is 0 Å². The molecule has 0 atom stereocenters. The first-order valence-electron chi connectivity index (χ1n) is 9.05. The number of hydrogen-bond donors (Lipinski definition) is 0. The molecule has 0 heterocycles. The number of benzene rings is 2. The molecule has 0 bridgehead atoms. The number of carbonyl (C=O) groups is 1. The lowest BCUT2D eigenvalue weighted by molar-refractivity contribution is -0.125. The molecule has 0 fully saturated rings. The Morgan fingerprint density at radius 2 is 1.79 bits per heavy atom. The van der Waals surface area contributed by atoms with Gasteiger partial charge in [0.2, 0.25) is 5.91 Å². The van der Waals surface area contributed by atoms with E-state index in [1.807, 2.05) is 25.1 Å². The number of nitrogens with zero attached hydrogens (tertiary/aromatic N) is 1. The maximum atomic E-state index is 13.8. The fourth-order valence-electron chi connectivity index (χ4n) is 2.57. The number of halogens is 1. The molecular formula is C22H26FNO4. The van der Waals surface area contributed by atoms with Crippen molar-refractivity contribution in [2.45, 2.75) is 19.9 Å². The van der Waals surface area contributed by atoms with Crippen molar-refractivity contribution in [3.8, 4) is 17.2 Å². The molecule has 0 unspecified atom stereocenters. The van der Waals surface area contributed by atoms with Gasteiger partial charge in [0, 0.05) is 19.7 Å². The highest BCUT2D eigenvalue weighted by molar-refractivity contribution is 5.91. The van der Waals surface area contributed by atoms with Gasteiger partial charge >= 0.3 is 0 Å². The summed E-state index contributed by atoms with van der Waals surface area (Å²) in [5.74, 6) is 0.824. The molecule has 28 heavy (non-hydrogen) atoms. The summed E-state index contributed by atoms with van der Waals surface area (Å²) in [7, 11) is 4.65. The number of hydrogen-bond acceptors (Lipinski definition) is 4. The first-order valence-corrected chi connectivity index (χ1v) is 9.05. The second kappa shape index (κ2) is 10.3. The normalized spacial score (nSPS) is 10.8. The van der Waals surface area contributed by atoms with E-state index in [-0.39, 0.29) is 18.2 Å².